The van der Waals surface area contributed by atoms with Crippen molar-refractivity contribution in [3.05, 3.63) is 53.1 Å². The van der Waals surface area contributed by atoms with Crippen LogP contribution in [-0.4, -0.2) is 26.4 Å². The molecule has 3 heterocycles. The quantitative estimate of drug-likeness (QED) is 0.814. The topological polar surface area (TPSA) is 41.9 Å². The Kier molecular flexibility index (Phi) is 3.92. The highest BCUT2D eigenvalue weighted by atomic mass is 19.1. The molecule has 3 rings (SSSR count). The molecule has 0 spiro atoms. The van der Waals surface area contributed by atoms with E-state index in [-0.39, 0.29) is 0 Å². The number of rotatable bonds is 3. The molecule has 21 heavy (non-hydrogen) atoms. The molecule has 1 aliphatic heterocycles. The van der Waals surface area contributed by atoms with Crippen LogP contribution in [0.15, 0.2) is 24.5 Å². The second-order valence-electron chi connectivity index (χ2n) is 5.80. The number of aromatic nitrogens is 3. The maximum atomic E-state index is 12.8. The summed E-state index contributed by atoms with van der Waals surface area (Å²) in [6.45, 7) is 6.79. The van der Waals surface area contributed by atoms with Gasteiger partial charge in [-0.1, -0.05) is 19.9 Å². The van der Waals surface area contributed by atoms with E-state index >= 15 is 0 Å². The van der Waals surface area contributed by atoms with Gasteiger partial charge in [-0.15, -0.1) is 0 Å². The van der Waals surface area contributed by atoms with Gasteiger partial charge in [-0.2, -0.15) is 4.39 Å². The summed E-state index contributed by atoms with van der Waals surface area (Å²) in [5.74, 6) is 0.848. The Morgan fingerprint density at radius 1 is 1.24 bits per heavy atom. The van der Waals surface area contributed by atoms with Gasteiger partial charge in [0.2, 0.25) is 5.95 Å². The van der Waals surface area contributed by atoms with Crippen LogP contribution in [-0.2, 0) is 19.5 Å². The first-order valence-electron chi connectivity index (χ1n) is 7.29. The summed E-state index contributed by atoms with van der Waals surface area (Å²) < 4.78 is 12.8. The second kappa shape index (κ2) is 5.85. The van der Waals surface area contributed by atoms with Gasteiger partial charge in [-0.05, 0) is 11.6 Å². The van der Waals surface area contributed by atoms with E-state index in [1.54, 1.807) is 12.3 Å². The molecule has 0 amide bonds. The minimum absolute atomic E-state index is 0.360. The Morgan fingerprint density at radius 3 is 2.81 bits per heavy atom. The molecule has 110 valence electrons. The van der Waals surface area contributed by atoms with Gasteiger partial charge in [0.25, 0.3) is 0 Å². The predicted octanol–water partition coefficient (Wildman–Crippen LogP) is 2.69. The highest BCUT2D eigenvalue weighted by Crippen LogP contribution is 2.20. The molecule has 4 nitrogen and oxygen atoms in total. The van der Waals surface area contributed by atoms with Gasteiger partial charge in [-0.3, -0.25) is 4.90 Å². The summed E-state index contributed by atoms with van der Waals surface area (Å²) in [5.41, 5.74) is 3.39. The molecule has 0 unspecified atom stereocenters. The Morgan fingerprint density at radius 2 is 2.10 bits per heavy atom. The van der Waals surface area contributed by atoms with Gasteiger partial charge < -0.3 is 0 Å². The zero-order valence-corrected chi connectivity index (χ0v) is 12.4. The predicted molar refractivity (Wildman–Crippen MR) is 78.1 cm³/mol. The van der Waals surface area contributed by atoms with Crippen molar-refractivity contribution in [1.82, 2.24) is 19.9 Å². The van der Waals surface area contributed by atoms with E-state index in [0.29, 0.717) is 5.92 Å². The average molecular weight is 286 g/mol. The van der Waals surface area contributed by atoms with Crippen LogP contribution >= 0.6 is 0 Å². The number of halogens is 1. The third-order valence-electron chi connectivity index (χ3n) is 3.74. The van der Waals surface area contributed by atoms with Crippen molar-refractivity contribution in [2.24, 2.45) is 0 Å². The van der Waals surface area contributed by atoms with Gasteiger partial charge in [0.15, 0.2) is 0 Å². The van der Waals surface area contributed by atoms with Crippen LogP contribution in [0.2, 0.25) is 0 Å². The SMILES string of the molecule is CC(C)c1ncc2c(n1)CCN(Cc1ccc(F)nc1)C2. The molecular formula is C16H19FN4. The summed E-state index contributed by atoms with van der Waals surface area (Å²) in [7, 11) is 0. The number of pyridine rings is 1. The molecule has 2 aromatic rings. The van der Waals surface area contributed by atoms with E-state index in [9.17, 15) is 4.39 Å². The van der Waals surface area contributed by atoms with E-state index in [1.807, 2.05) is 6.20 Å². The monoisotopic (exact) mass is 286 g/mol. The molecular weight excluding hydrogens is 267 g/mol. The van der Waals surface area contributed by atoms with E-state index in [0.717, 1.165) is 37.4 Å². The smallest absolute Gasteiger partial charge is 0.212 e. The van der Waals surface area contributed by atoms with Gasteiger partial charge in [0, 0.05) is 55.6 Å². The zero-order chi connectivity index (χ0) is 14.8. The van der Waals surface area contributed by atoms with Crippen LogP contribution in [0.1, 0.15) is 42.4 Å². The lowest BCUT2D eigenvalue weighted by Gasteiger charge is -2.28. The van der Waals surface area contributed by atoms with Crippen molar-refractivity contribution >= 4 is 0 Å². The first kappa shape index (κ1) is 14.1. The largest absolute Gasteiger partial charge is 0.294 e. The normalized spacial score (nSPS) is 15.2. The summed E-state index contributed by atoms with van der Waals surface area (Å²) in [4.78, 5) is 15.1. The Balaban J connectivity index is 1.71. The highest BCUT2D eigenvalue weighted by Gasteiger charge is 2.19. The number of fused-ring (bicyclic) bond motifs is 1. The maximum Gasteiger partial charge on any atom is 0.212 e. The summed E-state index contributed by atoms with van der Waals surface area (Å²) in [6, 6.07) is 3.20. The lowest BCUT2D eigenvalue weighted by molar-refractivity contribution is 0.242. The molecule has 2 aromatic heterocycles. The third-order valence-corrected chi connectivity index (χ3v) is 3.74. The van der Waals surface area contributed by atoms with Gasteiger partial charge in [0.1, 0.15) is 5.82 Å². The Bertz CT molecular complexity index is 625. The van der Waals surface area contributed by atoms with Crippen molar-refractivity contribution in [2.75, 3.05) is 6.54 Å². The fraction of sp³-hybridized carbons (Fsp3) is 0.438. The van der Waals surface area contributed by atoms with Crippen molar-refractivity contribution in [3.8, 4) is 0 Å². The fourth-order valence-electron chi connectivity index (χ4n) is 2.56. The molecule has 0 aliphatic carbocycles. The second-order valence-corrected chi connectivity index (χ2v) is 5.80. The standard InChI is InChI=1S/C16H19FN4/c1-11(2)16-19-8-13-10-21(6-5-14(13)20-16)9-12-3-4-15(17)18-7-12/h3-4,7-8,11H,5-6,9-10H2,1-2H3. The molecule has 0 fully saturated rings. The van der Waals surface area contributed by atoms with Crippen LogP contribution in [0.5, 0.6) is 0 Å². The molecule has 0 bridgehead atoms. The van der Waals surface area contributed by atoms with Gasteiger partial charge in [-0.25, -0.2) is 15.0 Å². The van der Waals surface area contributed by atoms with Crippen LogP contribution in [0, 0.1) is 5.95 Å². The van der Waals surface area contributed by atoms with E-state index in [1.165, 1.54) is 17.3 Å². The minimum atomic E-state index is -0.433. The first-order valence-corrected chi connectivity index (χ1v) is 7.29. The molecule has 5 heteroatoms. The number of nitrogens with zero attached hydrogens (tertiary/aromatic N) is 4. The number of hydrogen-bond acceptors (Lipinski definition) is 4. The molecule has 0 aromatic carbocycles. The van der Waals surface area contributed by atoms with Crippen molar-refractivity contribution in [1.29, 1.82) is 0 Å². The van der Waals surface area contributed by atoms with Crippen molar-refractivity contribution in [3.63, 3.8) is 0 Å². The van der Waals surface area contributed by atoms with Crippen LogP contribution in [0.25, 0.3) is 0 Å². The molecule has 0 saturated carbocycles. The molecule has 0 atom stereocenters. The van der Waals surface area contributed by atoms with E-state index in [2.05, 4.69) is 33.7 Å². The summed E-state index contributed by atoms with van der Waals surface area (Å²) in [6.07, 6.45) is 4.49. The van der Waals surface area contributed by atoms with Crippen molar-refractivity contribution in [2.45, 2.75) is 39.3 Å². The van der Waals surface area contributed by atoms with Gasteiger partial charge >= 0.3 is 0 Å². The minimum Gasteiger partial charge on any atom is -0.294 e. The Labute approximate surface area is 124 Å². The summed E-state index contributed by atoms with van der Waals surface area (Å²) >= 11 is 0. The lowest BCUT2D eigenvalue weighted by Crippen LogP contribution is -2.31. The van der Waals surface area contributed by atoms with E-state index in [4.69, 9.17) is 0 Å². The lowest BCUT2D eigenvalue weighted by atomic mass is 10.1. The molecule has 0 radical (unpaired) electrons. The zero-order valence-electron chi connectivity index (χ0n) is 12.4. The van der Waals surface area contributed by atoms with Crippen LogP contribution in [0.3, 0.4) is 0 Å². The highest BCUT2D eigenvalue weighted by molar-refractivity contribution is 5.22. The van der Waals surface area contributed by atoms with Crippen molar-refractivity contribution < 1.29 is 4.39 Å². The Hall–Kier alpha value is -1.88. The average Bonchev–Trinajstić information content (AvgIpc) is 2.49. The fourth-order valence-corrected chi connectivity index (χ4v) is 2.56. The van der Waals surface area contributed by atoms with Gasteiger partial charge in [0.05, 0.1) is 0 Å². The summed E-state index contributed by atoms with van der Waals surface area (Å²) in [5, 5.41) is 0. The molecule has 0 saturated heterocycles. The van der Waals surface area contributed by atoms with Crippen LogP contribution in [0.4, 0.5) is 4.39 Å². The molecule has 1 aliphatic rings. The maximum absolute atomic E-state index is 12.8. The van der Waals surface area contributed by atoms with Crippen LogP contribution < -0.4 is 0 Å². The third kappa shape index (κ3) is 3.24. The van der Waals surface area contributed by atoms with E-state index < -0.39 is 5.95 Å². The number of hydrogen-bond donors (Lipinski definition) is 0. The first-order chi connectivity index (χ1) is 10.1. The molecule has 0 N–H and O–H groups in total.